The van der Waals surface area contributed by atoms with Crippen molar-refractivity contribution in [2.45, 2.75) is 38.5 Å². The first-order chi connectivity index (χ1) is 48.1. The van der Waals surface area contributed by atoms with Crippen molar-refractivity contribution in [2.75, 3.05) is 9.80 Å². The third-order valence-corrected chi connectivity index (χ3v) is 15.8. The normalized spacial score (nSPS) is 16.7. The molecule has 0 atom stereocenters. The first-order valence-corrected chi connectivity index (χ1v) is 26.1. The molecule has 0 aromatic heterocycles. The molecule has 2 aliphatic rings. The van der Waals surface area contributed by atoms with Crippen LogP contribution in [0.4, 0.5) is 51.7 Å². The van der Waals surface area contributed by atoms with Gasteiger partial charge in [-0.25, -0.2) is 17.6 Å². The predicted molar refractivity (Wildman–Crippen MR) is 330 cm³/mol. The number of benzene rings is 12. The van der Waals surface area contributed by atoms with Crippen LogP contribution in [0, 0.1) is 23.3 Å². The number of nitrogens with zero attached hydrogens (tertiary/aromatic N) is 2. The zero-order valence-electron chi connectivity index (χ0n) is 64.1. The monoisotopic (exact) mass is 1090 g/mol. The highest BCUT2D eigenvalue weighted by atomic mass is 19.1. The summed E-state index contributed by atoms with van der Waals surface area (Å²) < 4.78 is 245. The van der Waals surface area contributed by atoms with Crippen molar-refractivity contribution >= 4 is 44.9 Å². The summed E-state index contributed by atoms with van der Waals surface area (Å²) in [5.74, 6) is -3.35. The Labute approximate surface area is 503 Å². The Hall–Kier alpha value is -9.78. The maximum atomic E-state index is 17.5. The molecule has 2 aliphatic carbocycles. The topological polar surface area (TPSA) is 6.48 Å². The molecule has 0 radical (unpaired) electrons. The zero-order chi connectivity index (χ0) is 73.4. The van der Waals surface area contributed by atoms with E-state index < -0.39 is 189 Å². The molecular formula is C76H54F4N2. The fraction of sp³-hybridized carbons (Fsp3) is 0.0789. The van der Waals surface area contributed by atoms with Gasteiger partial charge in [-0.05, 0) is 186 Å². The molecule has 0 saturated carbocycles. The van der Waals surface area contributed by atoms with E-state index in [9.17, 15) is 5.48 Å². The van der Waals surface area contributed by atoms with Gasteiger partial charge in [-0.1, -0.05) is 185 Å². The summed E-state index contributed by atoms with van der Waals surface area (Å²) in [6.07, 6.45) is 0. The number of halogens is 4. The van der Waals surface area contributed by atoms with Crippen LogP contribution < -0.4 is 9.80 Å². The molecule has 0 amide bonds. The minimum absolute atomic E-state index is 0.00586. The maximum Gasteiger partial charge on any atom is 0.147 e. The summed E-state index contributed by atoms with van der Waals surface area (Å²) in [7, 11) is 0. The molecule has 0 heterocycles. The van der Waals surface area contributed by atoms with Gasteiger partial charge in [0.05, 0.1) is 38.8 Å². The van der Waals surface area contributed by atoms with Gasteiger partial charge in [0.2, 0.25) is 0 Å². The molecule has 6 heteroatoms. The quantitative estimate of drug-likeness (QED) is 0.126. The zero-order valence-corrected chi connectivity index (χ0v) is 44.1. The van der Waals surface area contributed by atoms with Crippen molar-refractivity contribution in [1.82, 2.24) is 0 Å². The van der Waals surface area contributed by atoms with Gasteiger partial charge in [0.15, 0.2) is 0 Å². The van der Waals surface area contributed by atoms with Gasteiger partial charge in [-0.3, -0.25) is 0 Å². The standard InChI is InChI=1S/C76H54F4N2/c1-75(2)63-43-55(81(53-29-13-7-14-30-53)73-57(33-19-35-67(73)79)47-21-9-5-10-22-47)37-39-59(63)71-65(75)45-61-62(69(71)49-25-17-27-51(77)41-49)46-66-72(70(61)50-26-18-28-52(78)42-50)60-40-38-56(44-64(60)76(66,3)4)82(54-31-15-8-16-32-54)74-58(34-20-36-68(74)80)48-23-11-6-12-24-48/h5-46H,1-4H3/i5D,6D,7D,8D,9D,10D,11D,12D,13D,14D,15D,16D,21D,22D,23D,24D,29D,30D,31D,32D. The number of para-hydroxylation sites is 4. The highest BCUT2D eigenvalue weighted by molar-refractivity contribution is 6.17. The Kier molecular flexibility index (Phi) is 7.87. The van der Waals surface area contributed by atoms with E-state index in [1.54, 1.807) is 48.5 Å². The number of hydrogen-bond donors (Lipinski definition) is 0. The SMILES string of the molecule is [2H]c1c([2H])c([2H])c(-c2cccc(F)c2N(c2ccc3c(c2)C(C)(C)c2cc4c(-c5cccc(F)c5)c5c(cc4c(-c4cccc(F)c4)c2-3)C(C)(C)c2cc(N(c3c(F)cccc3-c3c([2H])c([2H])c([2H])c([2H])c3[2H])c3c([2H])c([2H])c([2H])c([2H])c3[2H])ccc2-5)c2c([2H])c([2H])c([2H])c([2H])c2[2H])c([2H])c1[2H]. The van der Waals surface area contributed by atoms with Crippen molar-refractivity contribution in [1.29, 1.82) is 0 Å². The Balaban J connectivity index is 1.05. The van der Waals surface area contributed by atoms with Crippen molar-refractivity contribution in [2.24, 2.45) is 0 Å². The second-order valence-corrected chi connectivity index (χ2v) is 21.1. The fourth-order valence-electron chi connectivity index (χ4n) is 12.2. The third-order valence-electron chi connectivity index (χ3n) is 15.8. The average molecular weight is 1090 g/mol. The van der Waals surface area contributed by atoms with Gasteiger partial charge < -0.3 is 9.80 Å². The first kappa shape index (κ1) is 33.1. The fourth-order valence-corrected chi connectivity index (χ4v) is 12.2. The molecule has 0 aliphatic heterocycles. The molecule has 0 N–H and O–H groups in total. The van der Waals surface area contributed by atoms with Gasteiger partial charge in [-0.2, -0.15) is 0 Å². The van der Waals surface area contributed by atoms with E-state index >= 15 is 17.6 Å². The summed E-state index contributed by atoms with van der Waals surface area (Å²) in [4.78, 5) is 2.18. The molecule has 12 aromatic rings. The van der Waals surface area contributed by atoms with Gasteiger partial charge in [0, 0.05) is 44.7 Å². The van der Waals surface area contributed by atoms with E-state index in [-0.39, 0.29) is 22.5 Å². The van der Waals surface area contributed by atoms with Crippen LogP contribution in [0.5, 0.6) is 0 Å². The van der Waals surface area contributed by atoms with E-state index in [1.165, 1.54) is 60.7 Å². The second-order valence-electron chi connectivity index (χ2n) is 21.1. The molecule has 0 saturated heterocycles. The van der Waals surface area contributed by atoms with Crippen LogP contribution in [0.2, 0.25) is 0 Å². The number of fused-ring (bicyclic) bond motifs is 7. The summed E-state index contributed by atoms with van der Waals surface area (Å²) in [6, 6.07) is 17.7. The molecule has 396 valence electrons. The Morgan fingerprint density at radius 3 is 1.06 bits per heavy atom. The lowest BCUT2D eigenvalue weighted by molar-refractivity contribution is 0.628. The first-order valence-electron chi connectivity index (χ1n) is 36.1. The van der Waals surface area contributed by atoms with Crippen molar-refractivity contribution in [3.63, 3.8) is 0 Å². The summed E-state index contributed by atoms with van der Waals surface area (Å²) in [5, 5.41) is 1.05. The van der Waals surface area contributed by atoms with Crippen LogP contribution in [0.3, 0.4) is 0 Å². The summed E-state index contributed by atoms with van der Waals surface area (Å²) >= 11 is 0. The largest absolute Gasteiger partial charge is 0.307 e. The Bertz CT molecular complexity index is 5300. The van der Waals surface area contributed by atoms with Crippen molar-refractivity contribution < 1.29 is 45.0 Å². The molecule has 2 nitrogen and oxygen atoms in total. The van der Waals surface area contributed by atoms with Gasteiger partial charge in [-0.15, -0.1) is 0 Å². The smallest absolute Gasteiger partial charge is 0.147 e. The molecule has 14 rings (SSSR count). The van der Waals surface area contributed by atoms with E-state index in [0.29, 0.717) is 77.5 Å². The second kappa shape index (κ2) is 19.5. The van der Waals surface area contributed by atoms with Crippen LogP contribution in [0.1, 0.15) is 77.4 Å². The molecule has 12 aromatic carbocycles. The van der Waals surface area contributed by atoms with Crippen LogP contribution in [-0.2, 0) is 10.8 Å². The number of hydrogen-bond acceptors (Lipinski definition) is 2. The van der Waals surface area contributed by atoms with Gasteiger partial charge in [0.25, 0.3) is 0 Å². The van der Waals surface area contributed by atoms with Crippen molar-refractivity contribution in [3.05, 3.63) is 300 Å². The van der Waals surface area contributed by atoms with E-state index in [0.717, 1.165) is 21.9 Å². The minimum atomic E-state index is -1.16. The molecule has 0 fully saturated rings. The minimum Gasteiger partial charge on any atom is -0.307 e. The van der Waals surface area contributed by atoms with Gasteiger partial charge in [0.1, 0.15) is 23.3 Å². The summed E-state index contributed by atoms with van der Waals surface area (Å²) in [6.45, 7) is 7.59. The Morgan fingerprint density at radius 2 is 0.683 bits per heavy atom. The predicted octanol–water partition coefficient (Wildman–Crippen LogP) is 21.6. The highest BCUT2D eigenvalue weighted by Crippen LogP contribution is 2.61. The van der Waals surface area contributed by atoms with Crippen LogP contribution in [-0.4, -0.2) is 0 Å². The van der Waals surface area contributed by atoms with Crippen LogP contribution in [0.25, 0.3) is 77.5 Å². The third kappa shape index (κ3) is 8.07. The van der Waals surface area contributed by atoms with Crippen LogP contribution >= 0.6 is 0 Å². The molecule has 0 bridgehead atoms. The Morgan fingerprint density at radius 1 is 0.317 bits per heavy atom. The number of rotatable bonds is 10. The molecule has 0 spiro atoms. The lowest BCUT2D eigenvalue weighted by Crippen LogP contribution is -2.18. The van der Waals surface area contributed by atoms with Gasteiger partial charge >= 0.3 is 0 Å². The lowest BCUT2D eigenvalue weighted by atomic mass is 9.76. The number of anilines is 6. The highest BCUT2D eigenvalue weighted by Gasteiger charge is 2.43. The molecule has 82 heavy (non-hydrogen) atoms. The summed E-state index contributed by atoms with van der Waals surface area (Å²) in [5.41, 5.74) is 0.392. The van der Waals surface area contributed by atoms with E-state index in [1.807, 2.05) is 39.8 Å². The average Bonchev–Trinajstić information content (AvgIpc) is 1.51. The lowest BCUT2D eigenvalue weighted by Gasteiger charge is -2.30. The molecular weight excluding hydrogens is 1020 g/mol. The van der Waals surface area contributed by atoms with Crippen molar-refractivity contribution in [3.8, 4) is 66.8 Å². The van der Waals surface area contributed by atoms with E-state index in [2.05, 4.69) is 0 Å². The van der Waals surface area contributed by atoms with E-state index in [4.69, 9.17) is 21.9 Å². The maximum absolute atomic E-state index is 17.5. The molecule has 0 unspecified atom stereocenters. The van der Waals surface area contributed by atoms with Crippen LogP contribution in [0.15, 0.2) is 254 Å².